The van der Waals surface area contributed by atoms with Gasteiger partial charge in [-0.05, 0) is 48.1 Å². The molecule has 1 unspecified atom stereocenters. The molecule has 0 saturated heterocycles. The molecule has 2 nitrogen and oxygen atoms in total. The molecule has 0 saturated carbocycles. The summed E-state index contributed by atoms with van der Waals surface area (Å²) in [5.41, 5.74) is 5.02. The third-order valence-electron chi connectivity index (χ3n) is 3.83. The van der Waals surface area contributed by atoms with E-state index in [1.54, 1.807) is 0 Å². The lowest BCUT2D eigenvalue weighted by Crippen LogP contribution is -2.27. The second kappa shape index (κ2) is 5.45. The van der Waals surface area contributed by atoms with Crippen LogP contribution in [-0.4, -0.2) is 11.1 Å². The monoisotopic (exact) mass is 253 g/mol. The minimum absolute atomic E-state index is 0.100. The van der Waals surface area contributed by atoms with E-state index < -0.39 is 0 Å². The molecule has 0 aromatic heterocycles. The molecule has 1 aliphatic rings. The number of rotatable bonds is 3. The van der Waals surface area contributed by atoms with Crippen molar-refractivity contribution in [2.24, 2.45) is 0 Å². The lowest BCUT2D eigenvalue weighted by atomic mass is 9.88. The fraction of sp³-hybridized carbons (Fsp3) is 0.294. The Kier molecular flexibility index (Phi) is 3.51. The molecule has 0 radical (unpaired) electrons. The molecule has 2 aromatic carbocycles. The average Bonchev–Trinajstić information content (AvgIpc) is 2.47. The summed E-state index contributed by atoms with van der Waals surface area (Å²) in [5.74, 6) is 0. The first kappa shape index (κ1) is 12.2. The van der Waals surface area contributed by atoms with Gasteiger partial charge in [-0.25, -0.2) is 0 Å². The Bertz CT molecular complexity index is 565. The van der Waals surface area contributed by atoms with Crippen molar-refractivity contribution in [1.82, 2.24) is 0 Å². The van der Waals surface area contributed by atoms with Crippen molar-refractivity contribution >= 4 is 5.69 Å². The normalized spacial score (nSPS) is 17.8. The molecule has 0 aliphatic heterocycles. The van der Waals surface area contributed by atoms with E-state index in [0.717, 1.165) is 24.1 Å². The Labute approximate surface area is 114 Å². The third-order valence-corrected chi connectivity index (χ3v) is 3.83. The van der Waals surface area contributed by atoms with Crippen LogP contribution < -0.4 is 5.32 Å². The Balaban J connectivity index is 1.71. The third kappa shape index (κ3) is 2.79. The highest BCUT2D eigenvalue weighted by atomic mass is 16.3. The van der Waals surface area contributed by atoms with Crippen LogP contribution >= 0.6 is 0 Å². The number of aliphatic hydroxyl groups is 1. The topological polar surface area (TPSA) is 32.3 Å². The molecular weight excluding hydrogens is 234 g/mol. The van der Waals surface area contributed by atoms with Crippen LogP contribution in [0.4, 0.5) is 5.69 Å². The largest absolute Gasteiger partial charge is 0.392 e. The molecular formula is C17H19NO. The number of hydrogen-bond donors (Lipinski definition) is 2. The van der Waals surface area contributed by atoms with Crippen molar-refractivity contribution in [2.75, 3.05) is 5.32 Å². The van der Waals surface area contributed by atoms with Crippen LogP contribution in [0.15, 0.2) is 48.5 Å². The summed E-state index contributed by atoms with van der Waals surface area (Å²) in [6.45, 7) is 0.100. The van der Waals surface area contributed by atoms with Crippen molar-refractivity contribution < 1.29 is 5.11 Å². The van der Waals surface area contributed by atoms with Gasteiger partial charge in [-0.15, -0.1) is 0 Å². The van der Waals surface area contributed by atoms with E-state index >= 15 is 0 Å². The van der Waals surface area contributed by atoms with Gasteiger partial charge in [0.1, 0.15) is 0 Å². The highest BCUT2D eigenvalue weighted by Crippen LogP contribution is 2.24. The van der Waals surface area contributed by atoms with Crippen LogP contribution in [0.1, 0.15) is 23.1 Å². The van der Waals surface area contributed by atoms with E-state index in [9.17, 15) is 5.11 Å². The average molecular weight is 253 g/mol. The molecule has 2 aromatic rings. The van der Waals surface area contributed by atoms with E-state index in [4.69, 9.17) is 0 Å². The second-order valence-corrected chi connectivity index (χ2v) is 5.21. The number of aliphatic hydroxyl groups excluding tert-OH is 1. The standard InChI is InChI=1S/C17H19NO/c19-12-13-4-3-7-16(10-13)18-17-9-8-14-5-1-2-6-15(14)11-17/h1-7,10,17-19H,8-9,11-12H2. The van der Waals surface area contributed by atoms with E-state index in [0.29, 0.717) is 6.04 Å². The predicted molar refractivity (Wildman–Crippen MR) is 78.2 cm³/mol. The van der Waals surface area contributed by atoms with Crippen LogP contribution in [0.5, 0.6) is 0 Å². The van der Waals surface area contributed by atoms with Crippen LogP contribution in [-0.2, 0) is 19.4 Å². The van der Waals surface area contributed by atoms with Crippen molar-refractivity contribution in [3.05, 3.63) is 65.2 Å². The molecule has 98 valence electrons. The Morgan fingerprint density at radius 1 is 1.05 bits per heavy atom. The van der Waals surface area contributed by atoms with Crippen molar-refractivity contribution in [2.45, 2.75) is 31.9 Å². The first-order chi connectivity index (χ1) is 9.35. The molecule has 1 aliphatic carbocycles. The van der Waals surface area contributed by atoms with E-state index in [1.807, 2.05) is 18.2 Å². The maximum atomic E-state index is 9.17. The van der Waals surface area contributed by atoms with Gasteiger partial charge in [-0.3, -0.25) is 0 Å². The number of fused-ring (bicyclic) bond motifs is 1. The van der Waals surface area contributed by atoms with Gasteiger partial charge < -0.3 is 10.4 Å². The van der Waals surface area contributed by atoms with Gasteiger partial charge in [-0.2, -0.15) is 0 Å². The second-order valence-electron chi connectivity index (χ2n) is 5.21. The molecule has 19 heavy (non-hydrogen) atoms. The quantitative estimate of drug-likeness (QED) is 0.880. The zero-order valence-corrected chi connectivity index (χ0v) is 11.0. The molecule has 3 rings (SSSR count). The lowest BCUT2D eigenvalue weighted by molar-refractivity contribution is 0.282. The van der Waals surface area contributed by atoms with Crippen LogP contribution in [0.25, 0.3) is 0 Å². The minimum Gasteiger partial charge on any atom is -0.392 e. The van der Waals surface area contributed by atoms with Crippen LogP contribution in [0.3, 0.4) is 0 Å². The summed E-state index contributed by atoms with van der Waals surface area (Å²) in [6, 6.07) is 17.2. The highest BCUT2D eigenvalue weighted by Gasteiger charge is 2.17. The molecule has 0 amide bonds. The number of anilines is 1. The van der Waals surface area contributed by atoms with Gasteiger partial charge in [0, 0.05) is 11.7 Å². The smallest absolute Gasteiger partial charge is 0.0682 e. The SMILES string of the molecule is OCc1cccc(NC2CCc3ccccc3C2)c1. The van der Waals surface area contributed by atoms with E-state index in [1.165, 1.54) is 17.5 Å². The molecule has 0 heterocycles. The molecule has 2 heteroatoms. The molecule has 2 N–H and O–H groups in total. The predicted octanol–water partition coefficient (Wildman–Crippen LogP) is 3.15. The summed E-state index contributed by atoms with van der Waals surface area (Å²) in [7, 11) is 0. The van der Waals surface area contributed by atoms with Crippen molar-refractivity contribution in [1.29, 1.82) is 0 Å². The summed E-state index contributed by atoms with van der Waals surface area (Å²) in [4.78, 5) is 0. The number of benzene rings is 2. The number of aryl methyl sites for hydroxylation is 1. The summed E-state index contributed by atoms with van der Waals surface area (Å²) >= 11 is 0. The zero-order chi connectivity index (χ0) is 13.1. The minimum atomic E-state index is 0.100. The molecule has 0 bridgehead atoms. The van der Waals surface area contributed by atoms with Gasteiger partial charge in [-0.1, -0.05) is 36.4 Å². The molecule has 0 spiro atoms. The Hall–Kier alpha value is -1.80. The van der Waals surface area contributed by atoms with Gasteiger partial charge in [0.05, 0.1) is 6.61 Å². The van der Waals surface area contributed by atoms with Gasteiger partial charge >= 0.3 is 0 Å². The number of nitrogens with one attached hydrogen (secondary N) is 1. The molecule has 0 fully saturated rings. The summed E-state index contributed by atoms with van der Waals surface area (Å²) < 4.78 is 0. The van der Waals surface area contributed by atoms with E-state index in [2.05, 4.69) is 35.6 Å². The van der Waals surface area contributed by atoms with E-state index in [-0.39, 0.29) is 6.61 Å². The molecule has 1 atom stereocenters. The maximum Gasteiger partial charge on any atom is 0.0682 e. The zero-order valence-electron chi connectivity index (χ0n) is 11.0. The van der Waals surface area contributed by atoms with Crippen LogP contribution in [0.2, 0.25) is 0 Å². The maximum absolute atomic E-state index is 9.17. The van der Waals surface area contributed by atoms with Crippen molar-refractivity contribution in [3.63, 3.8) is 0 Å². The first-order valence-corrected chi connectivity index (χ1v) is 6.88. The van der Waals surface area contributed by atoms with Gasteiger partial charge in [0.15, 0.2) is 0 Å². The summed E-state index contributed by atoms with van der Waals surface area (Å²) in [5, 5.41) is 12.8. The fourth-order valence-corrected chi connectivity index (χ4v) is 2.82. The number of hydrogen-bond acceptors (Lipinski definition) is 2. The fourth-order valence-electron chi connectivity index (χ4n) is 2.82. The lowest BCUT2D eigenvalue weighted by Gasteiger charge is -2.26. The van der Waals surface area contributed by atoms with Gasteiger partial charge in [0.25, 0.3) is 0 Å². The highest BCUT2D eigenvalue weighted by molar-refractivity contribution is 5.47. The Morgan fingerprint density at radius 3 is 2.74 bits per heavy atom. The van der Waals surface area contributed by atoms with Crippen molar-refractivity contribution in [3.8, 4) is 0 Å². The first-order valence-electron chi connectivity index (χ1n) is 6.88. The van der Waals surface area contributed by atoms with Gasteiger partial charge in [0.2, 0.25) is 0 Å². The Morgan fingerprint density at radius 2 is 1.89 bits per heavy atom. The van der Waals surface area contributed by atoms with Crippen LogP contribution in [0, 0.1) is 0 Å². The summed E-state index contributed by atoms with van der Waals surface area (Å²) in [6.07, 6.45) is 3.40.